The molecule has 3 unspecified atom stereocenters. The van der Waals surface area contributed by atoms with Gasteiger partial charge in [-0.3, -0.25) is 23.9 Å². The Bertz CT molecular complexity index is 1580. The van der Waals surface area contributed by atoms with Crippen molar-refractivity contribution in [2.75, 3.05) is 20.3 Å². The molecule has 12 nitrogen and oxygen atoms in total. The smallest absolute Gasteiger partial charge is 0.309 e. The maximum absolute atomic E-state index is 14.6. The SMILES string of the molecule is COCC1c2cccc(F)c2CCC1C(=O)O[C@@H]1CC2C(=O)N[C@]3(C(=O)NS(=O)(=O)C4CC4)C[C@H]3/C=C\CCCCC[C@H](N)C(=O)N2C1. The minimum absolute atomic E-state index is 0.0263. The molecule has 6 rings (SSSR count). The van der Waals surface area contributed by atoms with E-state index in [1.807, 2.05) is 12.2 Å². The Balaban J connectivity index is 1.22. The van der Waals surface area contributed by atoms with Crippen molar-refractivity contribution < 1.29 is 41.5 Å². The molecule has 262 valence electrons. The van der Waals surface area contributed by atoms with Gasteiger partial charge in [-0.05, 0) is 68.6 Å². The van der Waals surface area contributed by atoms with Crippen LogP contribution in [-0.2, 0) is 45.1 Å². The van der Waals surface area contributed by atoms with Gasteiger partial charge in [-0.25, -0.2) is 12.8 Å². The number of nitrogens with one attached hydrogen (secondary N) is 2. The Labute approximate surface area is 280 Å². The first kappa shape index (κ1) is 34.5. The Morgan fingerprint density at radius 3 is 2.69 bits per heavy atom. The first-order valence-corrected chi connectivity index (χ1v) is 18.6. The maximum Gasteiger partial charge on any atom is 0.309 e. The zero-order chi connectivity index (χ0) is 34.2. The monoisotopic (exact) mass is 688 g/mol. The number of rotatable bonds is 7. The molecule has 1 aromatic carbocycles. The highest BCUT2D eigenvalue weighted by atomic mass is 32.2. The van der Waals surface area contributed by atoms with Gasteiger partial charge in [0.25, 0.3) is 5.91 Å². The van der Waals surface area contributed by atoms with E-state index in [9.17, 15) is 32.0 Å². The van der Waals surface area contributed by atoms with Gasteiger partial charge in [0.2, 0.25) is 21.8 Å². The van der Waals surface area contributed by atoms with E-state index in [1.54, 1.807) is 12.1 Å². The van der Waals surface area contributed by atoms with E-state index < -0.39 is 80.4 Å². The van der Waals surface area contributed by atoms with Crippen molar-refractivity contribution in [3.63, 3.8) is 0 Å². The molecule has 0 aromatic heterocycles. The van der Waals surface area contributed by atoms with Gasteiger partial charge >= 0.3 is 5.97 Å². The van der Waals surface area contributed by atoms with Crippen LogP contribution in [0.2, 0.25) is 0 Å². The Morgan fingerprint density at radius 1 is 1.15 bits per heavy atom. The number of fused-ring (bicyclic) bond motifs is 3. The highest BCUT2D eigenvalue weighted by Gasteiger charge is 2.62. The Hall–Kier alpha value is -3.36. The van der Waals surface area contributed by atoms with Crippen LogP contribution in [0, 0.1) is 17.7 Å². The van der Waals surface area contributed by atoms with E-state index in [4.69, 9.17) is 15.2 Å². The number of sulfonamides is 1. The molecular weight excluding hydrogens is 643 g/mol. The molecule has 0 radical (unpaired) electrons. The van der Waals surface area contributed by atoms with Gasteiger partial charge in [0.05, 0.1) is 30.4 Å². The summed E-state index contributed by atoms with van der Waals surface area (Å²) in [7, 11) is -2.36. The van der Waals surface area contributed by atoms with Gasteiger partial charge in [0.15, 0.2) is 0 Å². The summed E-state index contributed by atoms with van der Waals surface area (Å²) >= 11 is 0. The topological polar surface area (TPSA) is 174 Å². The second-order valence-corrected chi connectivity index (χ2v) is 15.9. The van der Waals surface area contributed by atoms with Crippen molar-refractivity contribution in [1.29, 1.82) is 0 Å². The summed E-state index contributed by atoms with van der Waals surface area (Å²) in [5, 5.41) is 2.19. The van der Waals surface area contributed by atoms with Crippen molar-refractivity contribution in [2.45, 2.75) is 106 Å². The molecule has 1 aromatic rings. The van der Waals surface area contributed by atoms with Gasteiger partial charge < -0.3 is 25.4 Å². The van der Waals surface area contributed by atoms with E-state index in [2.05, 4.69) is 10.0 Å². The number of allylic oxidation sites excluding steroid dienone is 1. The summed E-state index contributed by atoms with van der Waals surface area (Å²) in [6.45, 7) is 0.115. The molecule has 14 heteroatoms. The molecule has 0 spiro atoms. The molecule has 3 fully saturated rings. The summed E-state index contributed by atoms with van der Waals surface area (Å²) in [5.74, 6) is -4.21. The van der Waals surface area contributed by atoms with E-state index in [0.29, 0.717) is 49.7 Å². The zero-order valence-electron chi connectivity index (χ0n) is 27.2. The molecule has 2 heterocycles. The highest BCUT2D eigenvalue weighted by molar-refractivity contribution is 7.91. The third kappa shape index (κ3) is 7.02. The average molecular weight is 689 g/mol. The van der Waals surface area contributed by atoms with Crippen LogP contribution in [0.25, 0.3) is 0 Å². The highest BCUT2D eigenvalue weighted by Crippen LogP contribution is 2.46. The summed E-state index contributed by atoms with van der Waals surface area (Å²) in [4.78, 5) is 56.2. The fraction of sp³-hybridized carbons (Fsp3) is 0.647. The molecule has 7 atom stereocenters. The average Bonchev–Trinajstić information content (AvgIpc) is 3.97. The number of nitrogens with two attached hydrogens (primary N) is 1. The third-order valence-electron chi connectivity index (χ3n) is 10.6. The standard InChI is InChI=1S/C34H45FN4O8S/c1-46-19-26-23-9-7-10-27(35)24(23)14-15-25(26)32(42)47-21-16-29-30(40)37-34(33(43)38-48(44,45)22-12-13-22)17-20(34)8-5-3-2-4-6-11-28(36)31(41)39(29)18-21/h5,7-10,20-22,25-26,28-29H,2-4,6,11-19,36H2,1H3,(H,37,40)(H,38,43)/b8-5-/t20-,21-,25?,26?,28+,29?,34-/m1/s1. The summed E-state index contributed by atoms with van der Waals surface area (Å²) in [6.07, 6.45) is 8.34. The van der Waals surface area contributed by atoms with Gasteiger partial charge in [-0.2, -0.15) is 0 Å². The lowest BCUT2D eigenvalue weighted by molar-refractivity contribution is -0.156. The number of ether oxygens (including phenoxy) is 2. The van der Waals surface area contributed by atoms with Gasteiger partial charge in [-0.1, -0.05) is 37.1 Å². The van der Waals surface area contributed by atoms with E-state index in [0.717, 1.165) is 19.3 Å². The number of benzene rings is 1. The summed E-state index contributed by atoms with van der Waals surface area (Å²) < 4.78 is 53.5. The molecule has 48 heavy (non-hydrogen) atoms. The number of hydrogen-bond donors (Lipinski definition) is 3. The zero-order valence-corrected chi connectivity index (χ0v) is 28.0. The number of carbonyl (C=O) groups is 4. The van der Waals surface area contributed by atoms with Crippen LogP contribution in [0.1, 0.15) is 81.3 Å². The molecular formula is C34H45FN4O8S. The van der Waals surface area contributed by atoms with Crippen LogP contribution in [0.15, 0.2) is 30.4 Å². The second kappa shape index (κ2) is 13.9. The summed E-state index contributed by atoms with van der Waals surface area (Å²) in [6, 6.07) is 2.82. The number of nitrogens with zero attached hydrogens (tertiary/aromatic N) is 1. The predicted molar refractivity (Wildman–Crippen MR) is 172 cm³/mol. The van der Waals surface area contributed by atoms with Crippen LogP contribution in [0.3, 0.4) is 0 Å². The van der Waals surface area contributed by atoms with Crippen LogP contribution < -0.4 is 15.8 Å². The molecule has 4 N–H and O–H groups in total. The lowest BCUT2D eigenvalue weighted by Gasteiger charge is -2.32. The Kier molecular flexibility index (Phi) is 9.97. The molecule has 3 aliphatic carbocycles. The Morgan fingerprint density at radius 2 is 1.94 bits per heavy atom. The minimum Gasteiger partial charge on any atom is -0.460 e. The van der Waals surface area contributed by atoms with E-state index in [-0.39, 0.29) is 31.8 Å². The number of methoxy groups -OCH3 is 1. The van der Waals surface area contributed by atoms with Crippen molar-refractivity contribution in [2.24, 2.45) is 17.6 Å². The minimum atomic E-state index is -3.87. The third-order valence-corrected chi connectivity index (χ3v) is 12.4. The molecule has 1 saturated heterocycles. The quantitative estimate of drug-likeness (QED) is 0.286. The lowest BCUT2D eigenvalue weighted by atomic mass is 9.75. The van der Waals surface area contributed by atoms with Crippen molar-refractivity contribution in [3.05, 3.63) is 47.3 Å². The molecule has 2 aliphatic heterocycles. The number of carbonyl (C=O) groups excluding carboxylic acids is 4. The fourth-order valence-electron chi connectivity index (χ4n) is 7.57. The first-order chi connectivity index (χ1) is 22.9. The predicted octanol–water partition coefficient (Wildman–Crippen LogP) is 1.96. The van der Waals surface area contributed by atoms with Gasteiger partial charge in [0, 0.05) is 25.4 Å². The molecule has 3 amide bonds. The number of esters is 1. The summed E-state index contributed by atoms with van der Waals surface area (Å²) in [5.41, 5.74) is 6.10. The molecule has 5 aliphatic rings. The number of hydrogen-bond acceptors (Lipinski definition) is 9. The first-order valence-electron chi connectivity index (χ1n) is 17.0. The van der Waals surface area contributed by atoms with Crippen LogP contribution in [0.4, 0.5) is 4.39 Å². The number of amides is 3. The second-order valence-electron chi connectivity index (χ2n) is 13.9. The van der Waals surface area contributed by atoms with E-state index in [1.165, 1.54) is 18.1 Å². The fourth-order valence-corrected chi connectivity index (χ4v) is 8.93. The lowest BCUT2D eigenvalue weighted by Crippen LogP contribution is -2.57. The van der Waals surface area contributed by atoms with Crippen LogP contribution in [-0.4, -0.2) is 86.2 Å². The number of halogens is 1. The van der Waals surface area contributed by atoms with Crippen LogP contribution in [0.5, 0.6) is 0 Å². The maximum atomic E-state index is 14.6. The molecule has 2 saturated carbocycles. The van der Waals surface area contributed by atoms with Gasteiger partial charge in [0.1, 0.15) is 23.5 Å². The van der Waals surface area contributed by atoms with E-state index >= 15 is 0 Å². The molecule has 0 bridgehead atoms. The van der Waals surface area contributed by atoms with Crippen LogP contribution >= 0.6 is 0 Å². The van der Waals surface area contributed by atoms with Gasteiger partial charge in [-0.15, -0.1) is 0 Å². The van der Waals surface area contributed by atoms with Crippen molar-refractivity contribution in [1.82, 2.24) is 14.9 Å². The van der Waals surface area contributed by atoms with Crippen molar-refractivity contribution in [3.8, 4) is 0 Å². The largest absolute Gasteiger partial charge is 0.460 e. The normalized spacial score (nSPS) is 33.2. The van der Waals surface area contributed by atoms with Crippen molar-refractivity contribution >= 4 is 33.7 Å².